The quantitative estimate of drug-likeness (QED) is 0.171. The van der Waals surface area contributed by atoms with Crippen LogP contribution >= 0.6 is 0 Å². The number of hydrogen-bond donors (Lipinski definition) is 1. The van der Waals surface area contributed by atoms with Gasteiger partial charge >= 0.3 is 5.97 Å². The molecule has 1 saturated carbocycles. The van der Waals surface area contributed by atoms with Crippen LogP contribution in [-0.4, -0.2) is 64.4 Å². The first-order valence-electron chi connectivity index (χ1n) is 17.8. The molecule has 0 bridgehead atoms. The molecular weight excluding hydrogens is 621 g/mol. The maximum absolute atomic E-state index is 15.8. The number of nitrogens with zero attached hydrogens (tertiary/aromatic N) is 3. The molecule has 1 aliphatic heterocycles. The highest BCUT2D eigenvalue weighted by molar-refractivity contribution is 5.82. The molecule has 1 aliphatic carbocycles. The summed E-state index contributed by atoms with van der Waals surface area (Å²) in [7, 11) is 1.72. The van der Waals surface area contributed by atoms with Gasteiger partial charge in [0.05, 0.1) is 18.2 Å². The predicted octanol–water partition coefficient (Wildman–Crippen LogP) is 7.23. The van der Waals surface area contributed by atoms with Gasteiger partial charge < -0.3 is 9.84 Å². The van der Waals surface area contributed by atoms with Crippen molar-refractivity contribution in [2.45, 2.75) is 110 Å². The first kappa shape index (κ1) is 36.6. The average molecular weight is 674 g/mol. The lowest BCUT2D eigenvalue weighted by atomic mass is 9.84. The van der Waals surface area contributed by atoms with Crippen LogP contribution in [0.3, 0.4) is 0 Å². The zero-order valence-electron chi connectivity index (χ0n) is 30.1. The summed E-state index contributed by atoms with van der Waals surface area (Å²) in [5.74, 6) is -1.97. The van der Waals surface area contributed by atoms with Crippen molar-refractivity contribution in [3.05, 3.63) is 85.6 Å². The molecule has 3 aromatic rings. The molecule has 0 unspecified atom stereocenters. The van der Waals surface area contributed by atoms with Crippen LogP contribution in [0.1, 0.15) is 109 Å². The van der Waals surface area contributed by atoms with Crippen molar-refractivity contribution in [2.24, 2.45) is 5.92 Å². The number of carbonyl (C=O) groups is 2. The molecule has 0 amide bonds. The van der Waals surface area contributed by atoms with Crippen LogP contribution in [0.15, 0.2) is 35.1 Å². The standard InChI is InChI=1S/C40H52FN3O5/c1-23(2)14-35(44-37(46)20-32(28-8-9-28)34(42-44)12-13-43-21-31(22-43)49-7)36(45)11-10-29(19-38(47)48)33-18-30(17-27(6)40(33)41)39-25(4)15-24(3)16-26(39)5/h15-18,20,23,28-29,31,35H,8-14,19,21-22H2,1-7H3,(H,47,48)/t29-,35-/m0/s1. The monoisotopic (exact) mass is 673 g/mol. The Morgan fingerprint density at radius 3 is 2.29 bits per heavy atom. The molecule has 2 aliphatic rings. The Labute approximate surface area is 289 Å². The summed E-state index contributed by atoms with van der Waals surface area (Å²) in [5, 5.41) is 14.8. The number of hydrogen-bond acceptors (Lipinski definition) is 6. The Kier molecular flexibility index (Phi) is 11.5. The zero-order valence-corrected chi connectivity index (χ0v) is 30.1. The number of halogens is 1. The lowest BCUT2D eigenvalue weighted by Crippen LogP contribution is -2.52. The van der Waals surface area contributed by atoms with E-state index in [0.717, 1.165) is 71.6 Å². The first-order valence-corrected chi connectivity index (χ1v) is 17.8. The lowest BCUT2D eigenvalue weighted by molar-refractivity contribution is -0.137. The number of carbonyl (C=O) groups excluding carboxylic acids is 1. The van der Waals surface area contributed by atoms with E-state index in [1.807, 2.05) is 40.7 Å². The molecule has 2 heterocycles. The fraction of sp³-hybridized carbons (Fsp3) is 0.550. The molecule has 5 rings (SSSR count). The van der Waals surface area contributed by atoms with Crippen molar-refractivity contribution < 1.29 is 23.8 Å². The number of carboxylic acid groups (broad SMARTS) is 1. The van der Waals surface area contributed by atoms with Gasteiger partial charge in [-0.3, -0.25) is 19.3 Å². The van der Waals surface area contributed by atoms with E-state index < -0.39 is 23.7 Å². The molecule has 2 atom stereocenters. The van der Waals surface area contributed by atoms with Crippen LogP contribution in [0.5, 0.6) is 0 Å². The second-order valence-corrected chi connectivity index (χ2v) is 14.9. The van der Waals surface area contributed by atoms with Gasteiger partial charge in [0.25, 0.3) is 5.56 Å². The Morgan fingerprint density at radius 1 is 1.02 bits per heavy atom. The van der Waals surface area contributed by atoms with Crippen LogP contribution in [-0.2, 0) is 20.7 Å². The highest BCUT2D eigenvalue weighted by Crippen LogP contribution is 2.41. The number of aliphatic carboxylic acids is 1. The van der Waals surface area contributed by atoms with E-state index in [4.69, 9.17) is 9.84 Å². The third-order valence-electron chi connectivity index (χ3n) is 10.2. The second-order valence-electron chi connectivity index (χ2n) is 14.9. The van der Waals surface area contributed by atoms with E-state index in [1.54, 1.807) is 26.2 Å². The van der Waals surface area contributed by atoms with Gasteiger partial charge in [0.1, 0.15) is 11.9 Å². The Bertz CT molecular complexity index is 1730. The fourth-order valence-corrected chi connectivity index (χ4v) is 7.55. The minimum atomic E-state index is -1.06. The Hall–Kier alpha value is -3.69. The van der Waals surface area contributed by atoms with Gasteiger partial charge in [0.2, 0.25) is 0 Å². The summed E-state index contributed by atoms with van der Waals surface area (Å²) in [6.07, 6.45) is 3.25. The summed E-state index contributed by atoms with van der Waals surface area (Å²) >= 11 is 0. The first-order chi connectivity index (χ1) is 23.2. The molecule has 9 heteroatoms. The van der Waals surface area contributed by atoms with Crippen molar-refractivity contribution >= 4 is 11.8 Å². The summed E-state index contributed by atoms with van der Waals surface area (Å²) in [6, 6.07) is 8.64. The summed E-state index contributed by atoms with van der Waals surface area (Å²) in [4.78, 5) is 42.1. The van der Waals surface area contributed by atoms with E-state index in [2.05, 4.69) is 17.0 Å². The van der Waals surface area contributed by atoms with Crippen LogP contribution in [0.2, 0.25) is 0 Å². The molecule has 264 valence electrons. The molecule has 0 radical (unpaired) electrons. The largest absolute Gasteiger partial charge is 0.481 e. The highest BCUT2D eigenvalue weighted by atomic mass is 19.1. The van der Waals surface area contributed by atoms with Crippen molar-refractivity contribution in [3.8, 4) is 11.1 Å². The van der Waals surface area contributed by atoms with Gasteiger partial charge in [-0.2, -0.15) is 5.10 Å². The zero-order chi connectivity index (χ0) is 35.6. The van der Waals surface area contributed by atoms with Gasteiger partial charge in [-0.1, -0.05) is 31.5 Å². The number of methoxy groups -OCH3 is 1. The number of aryl methyl sites for hydroxylation is 4. The van der Waals surface area contributed by atoms with E-state index >= 15 is 4.39 Å². The van der Waals surface area contributed by atoms with Gasteiger partial charge in [-0.05, 0) is 122 Å². The number of carboxylic acids is 1. The number of rotatable bonds is 16. The molecule has 8 nitrogen and oxygen atoms in total. The fourth-order valence-electron chi connectivity index (χ4n) is 7.55. The van der Waals surface area contributed by atoms with Crippen LogP contribution in [0.4, 0.5) is 4.39 Å². The third-order valence-corrected chi connectivity index (χ3v) is 10.2. The number of aromatic nitrogens is 2. The summed E-state index contributed by atoms with van der Waals surface area (Å²) < 4.78 is 22.6. The molecule has 1 saturated heterocycles. The van der Waals surface area contributed by atoms with Crippen molar-refractivity contribution in [1.29, 1.82) is 0 Å². The van der Waals surface area contributed by atoms with Crippen LogP contribution in [0.25, 0.3) is 11.1 Å². The van der Waals surface area contributed by atoms with Gasteiger partial charge in [0, 0.05) is 45.7 Å². The third kappa shape index (κ3) is 8.73. The van der Waals surface area contributed by atoms with E-state index in [-0.39, 0.29) is 42.6 Å². The number of Topliss-reactive ketones (excluding diaryl/α,β-unsaturated/α-hetero) is 1. The normalized spacial score (nSPS) is 16.5. The molecule has 49 heavy (non-hydrogen) atoms. The van der Waals surface area contributed by atoms with E-state index in [1.165, 1.54) is 4.68 Å². The maximum Gasteiger partial charge on any atom is 0.303 e. The van der Waals surface area contributed by atoms with Crippen molar-refractivity contribution in [2.75, 3.05) is 26.7 Å². The molecule has 2 aromatic carbocycles. The number of likely N-dealkylation sites (tertiary alicyclic amines) is 1. The van der Waals surface area contributed by atoms with Crippen molar-refractivity contribution in [1.82, 2.24) is 14.7 Å². The van der Waals surface area contributed by atoms with Crippen LogP contribution < -0.4 is 5.56 Å². The van der Waals surface area contributed by atoms with Crippen LogP contribution in [0, 0.1) is 39.4 Å². The maximum atomic E-state index is 15.8. The second kappa shape index (κ2) is 15.5. The molecule has 0 spiro atoms. The molecule has 2 fully saturated rings. The predicted molar refractivity (Wildman–Crippen MR) is 190 cm³/mol. The Morgan fingerprint density at radius 2 is 1.69 bits per heavy atom. The number of ether oxygens (including phenoxy) is 1. The van der Waals surface area contributed by atoms with Gasteiger partial charge in [-0.25, -0.2) is 9.07 Å². The SMILES string of the molecule is COC1CN(CCc2nn([C@@H](CC(C)C)C(=O)CC[C@@H](CC(=O)O)c3cc(-c4c(C)cc(C)cc4C)cc(C)c3F)c(=O)cc2C2CC2)C1. The van der Waals surface area contributed by atoms with E-state index in [0.29, 0.717) is 29.9 Å². The van der Waals surface area contributed by atoms with Gasteiger partial charge in [-0.15, -0.1) is 0 Å². The highest BCUT2D eigenvalue weighted by Gasteiger charge is 2.32. The Balaban J connectivity index is 1.42. The number of benzene rings is 2. The van der Waals surface area contributed by atoms with E-state index in [9.17, 15) is 19.5 Å². The van der Waals surface area contributed by atoms with Gasteiger partial charge in [0.15, 0.2) is 5.78 Å². The lowest BCUT2D eigenvalue weighted by Gasteiger charge is -2.38. The minimum Gasteiger partial charge on any atom is -0.481 e. The molecular formula is C40H52FN3O5. The van der Waals surface area contributed by atoms with Crippen molar-refractivity contribution in [3.63, 3.8) is 0 Å². The smallest absolute Gasteiger partial charge is 0.303 e. The molecule has 1 aromatic heterocycles. The average Bonchev–Trinajstić information content (AvgIpc) is 3.84. The topological polar surface area (TPSA) is 102 Å². The summed E-state index contributed by atoms with van der Waals surface area (Å²) in [5.41, 5.74) is 7.40. The molecule has 1 N–H and O–H groups in total. The minimum absolute atomic E-state index is 0.000644. The summed E-state index contributed by atoms with van der Waals surface area (Å²) in [6.45, 7) is 14.3. The number of ketones is 1.